The van der Waals surface area contributed by atoms with Crippen molar-refractivity contribution in [2.45, 2.75) is 32.9 Å². The summed E-state index contributed by atoms with van der Waals surface area (Å²) in [5.41, 5.74) is 1.14. The molecule has 2 aromatic rings. The number of hydrogen-bond acceptors (Lipinski definition) is 5. The van der Waals surface area contributed by atoms with Gasteiger partial charge in [-0.2, -0.15) is 0 Å². The number of nitrogens with zero attached hydrogens (tertiary/aromatic N) is 2. The van der Waals surface area contributed by atoms with Crippen molar-refractivity contribution in [3.8, 4) is 5.75 Å². The summed E-state index contributed by atoms with van der Waals surface area (Å²) in [4.78, 5) is 9.93. The van der Waals surface area contributed by atoms with Crippen LogP contribution in [0.2, 0.25) is 0 Å². The molecule has 0 aliphatic carbocycles. The molecule has 0 unspecified atom stereocenters. The summed E-state index contributed by atoms with van der Waals surface area (Å²) in [5.74, 6) is 1.65. The highest BCUT2D eigenvalue weighted by molar-refractivity contribution is 14.0. The quantitative estimate of drug-likeness (QED) is 0.224. The van der Waals surface area contributed by atoms with Crippen LogP contribution >= 0.6 is 35.3 Å². The summed E-state index contributed by atoms with van der Waals surface area (Å²) in [5, 5.41) is 7.65. The maximum absolute atomic E-state index is 5.70. The molecule has 27 heavy (non-hydrogen) atoms. The van der Waals surface area contributed by atoms with Crippen molar-refractivity contribution in [1.82, 2.24) is 15.6 Å². The van der Waals surface area contributed by atoms with E-state index in [1.165, 1.54) is 4.88 Å². The SMILES string of the molecule is CCc1cnc(CNC(=NC)NCCCOCc2ccc(OC)cc2)s1.I. The number of benzene rings is 1. The first-order valence-corrected chi connectivity index (χ1v) is 9.65. The third-order valence-electron chi connectivity index (χ3n) is 3.77. The van der Waals surface area contributed by atoms with Gasteiger partial charge < -0.3 is 20.1 Å². The molecule has 2 N–H and O–H groups in total. The summed E-state index contributed by atoms with van der Waals surface area (Å²) in [6.07, 6.45) is 3.88. The maximum atomic E-state index is 5.70. The summed E-state index contributed by atoms with van der Waals surface area (Å²) in [6.45, 7) is 4.95. The number of thiazole rings is 1. The van der Waals surface area contributed by atoms with Gasteiger partial charge in [0.15, 0.2) is 5.96 Å². The van der Waals surface area contributed by atoms with Crippen LogP contribution in [0.3, 0.4) is 0 Å². The van der Waals surface area contributed by atoms with Crippen molar-refractivity contribution >= 4 is 41.3 Å². The van der Waals surface area contributed by atoms with Crippen LogP contribution in [-0.4, -0.2) is 38.3 Å². The fourth-order valence-corrected chi connectivity index (χ4v) is 3.07. The van der Waals surface area contributed by atoms with E-state index in [-0.39, 0.29) is 24.0 Å². The Balaban J connectivity index is 0.00000364. The molecule has 2 rings (SSSR count). The minimum Gasteiger partial charge on any atom is -0.497 e. The molecule has 150 valence electrons. The molecule has 6 nitrogen and oxygen atoms in total. The predicted octanol–water partition coefficient (Wildman–Crippen LogP) is 3.60. The highest BCUT2D eigenvalue weighted by Gasteiger charge is 2.02. The highest BCUT2D eigenvalue weighted by Crippen LogP contribution is 2.13. The largest absolute Gasteiger partial charge is 0.497 e. The third-order valence-corrected chi connectivity index (χ3v) is 4.91. The number of aromatic nitrogens is 1. The lowest BCUT2D eigenvalue weighted by atomic mass is 10.2. The van der Waals surface area contributed by atoms with Crippen LogP contribution < -0.4 is 15.4 Å². The summed E-state index contributed by atoms with van der Waals surface area (Å²) >= 11 is 1.74. The van der Waals surface area contributed by atoms with Gasteiger partial charge in [-0.3, -0.25) is 4.99 Å². The molecule has 0 radical (unpaired) electrons. The monoisotopic (exact) mass is 504 g/mol. The summed E-state index contributed by atoms with van der Waals surface area (Å²) in [7, 11) is 3.44. The van der Waals surface area contributed by atoms with Gasteiger partial charge in [-0.1, -0.05) is 19.1 Å². The van der Waals surface area contributed by atoms with Crippen LogP contribution in [0.1, 0.15) is 28.8 Å². The number of ether oxygens (including phenoxy) is 2. The second-order valence-corrected chi connectivity index (χ2v) is 6.88. The molecule has 0 atom stereocenters. The minimum atomic E-state index is 0. The van der Waals surface area contributed by atoms with Crippen molar-refractivity contribution < 1.29 is 9.47 Å². The maximum Gasteiger partial charge on any atom is 0.191 e. The first kappa shape index (κ1) is 23.6. The molecule has 0 fully saturated rings. The van der Waals surface area contributed by atoms with E-state index in [9.17, 15) is 0 Å². The van der Waals surface area contributed by atoms with Crippen LogP contribution in [0.25, 0.3) is 0 Å². The Kier molecular flexibility index (Phi) is 12.0. The van der Waals surface area contributed by atoms with Gasteiger partial charge in [-0.25, -0.2) is 4.98 Å². The Morgan fingerprint density at radius 2 is 2.00 bits per heavy atom. The third kappa shape index (κ3) is 8.89. The molecular formula is C19H29IN4O2S. The molecule has 8 heteroatoms. The summed E-state index contributed by atoms with van der Waals surface area (Å²) in [6, 6.07) is 7.93. The van der Waals surface area contributed by atoms with Crippen LogP contribution in [0.15, 0.2) is 35.5 Å². The van der Waals surface area contributed by atoms with Crippen LogP contribution in [0.5, 0.6) is 5.75 Å². The normalized spacial score (nSPS) is 11.0. The number of guanidine groups is 1. The minimum absolute atomic E-state index is 0. The second-order valence-electron chi connectivity index (χ2n) is 5.68. The van der Waals surface area contributed by atoms with Gasteiger partial charge in [0.2, 0.25) is 0 Å². The highest BCUT2D eigenvalue weighted by atomic mass is 127. The van der Waals surface area contributed by atoms with Crippen molar-refractivity contribution in [3.05, 3.63) is 45.9 Å². The average molecular weight is 504 g/mol. The molecule has 0 bridgehead atoms. The zero-order valence-electron chi connectivity index (χ0n) is 16.2. The lowest BCUT2D eigenvalue weighted by Gasteiger charge is -2.11. The fraction of sp³-hybridized carbons (Fsp3) is 0.474. The topological polar surface area (TPSA) is 67.8 Å². The van der Waals surface area contributed by atoms with Crippen molar-refractivity contribution in [1.29, 1.82) is 0 Å². The standard InChI is InChI=1S/C19H28N4O2S.HI/c1-4-17-12-22-18(26-17)13-23-19(20-2)21-10-5-11-25-14-15-6-8-16(24-3)9-7-15;/h6-9,12H,4-5,10-11,13-14H2,1-3H3,(H2,20,21,23);1H. The molecule has 1 heterocycles. The van der Waals surface area contributed by atoms with Gasteiger partial charge in [-0.05, 0) is 30.5 Å². The number of aliphatic imine (C=N–C) groups is 1. The average Bonchev–Trinajstić information content (AvgIpc) is 3.15. The number of aryl methyl sites for hydroxylation is 1. The molecule has 0 aliphatic rings. The van der Waals surface area contributed by atoms with Gasteiger partial charge >= 0.3 is 0 Å². The zero-order valence-corrected chi connectivity index (χ0v) is 19.3. The van der Waals surface area contributed by atoms with E-state index in [0.717, 1.165) is 41.7 Å². The van der Waals surface area contributed by atoms with Gasteiger partial charge in [0, 0.05) is 31.3 Å². The Labute approximate surface area is 182 Å². The van der Waals surface area contributed by atoms with Crippen molar-refractivity contribution in [2.75, 3.05) is 27.3 Å². The molecule has 1 aromatic carbocycles. The Morgan fingerprint density at radius 3 is 2.63 bits per heavy atom. The van der Waals surface area contributed by atoms with Crippen molar-refractivity contribution in [3.63, 3.8) is 0 Å². The van der Waals surface area contributed by atoms with E-state index < -0.39 is 0 Å². The molecular weight excluding hydrogens is 475 g/mol. The van der Waals surface area contributed by atoms with Crippen molar-refractivity contribution in [2.24, 2.45) is 4.99 Å². The smallest absolute Gasteiger partial charge is 0.191 e. The molecule has 0 aliphatic heterocycles. The van der Waals surface area contributed by atoms with Crippen LogP contribution in [0.4, 0.5) is 0 Å². The molecule has 0 saturated heterocycles. The van der Waals surface area contributed by atoms with Gasteiger partial charge in [0.25, 0.3) is 0 Å². The second kappa shape index (κ2) is 13.7. The van der Waals surface area contributed by atoms with E-state index in [1.54, 1.807) is 25.5 Å². The molecule has 0 saturated carbocycles. The number of nitrogens with one attached hydrogen (secondary N) is 2. The Bertz CT molecular complexity index is 677. The number of halogens is 1. The van der Waals surface area contributed by atoms with E-state index in [0.29, 0.717) is 19.8 Å². The first-order chi connectivity index (χ1) is 12.7. The zero-order chi connectivity index (χ0) is 18.6. The van der Waals surface area contributed by atoms with E-state index in [4.69, 9.17) is 9.47 Å². The molecule has 1 aromatic heterocycles. The molecule has 0 spiro atoms. The van der Waals surface area contributed by atoms with E-state index in [1.807, 2.05) is 30.5 Å². The Hall–Kier alpha value is -1.39. The lowest BCUT2D eigenvalue weighted by Crippen LogP contribution is -2.37. The first-order valence-electron chi connectivity index (χ1n) is 8.84. The predicted molar refractivity (Wildman–Crippen MR) is 122 cm³/mol. The van der Waals surface area contributed by atoms with Gasteiger partial charge in [0.05, 0.1) is 20.3 Å². The fourth-order valence-electron chi connectivity index (χ4n) is 2.27. The number of hydrogen-bond donors (Lipinski definition) is 2. The van der Waals surface area contributed by atoms with Crippen LogP contribution in [0, 0.1) is 0 Å². The molecule has 0 amide bonds. The summed E-state index contributed by atoms with van der Waals surface area (Å²) < 4.78 is 10.8. The van der Waals surface area contributed by atoms with Crippen LogP contribution in [-0.2, 0) is 24.3 Å². The van der Waals surface area contributed by atoms with Gasteiger partial charge in [-0.15, -0.1) is 35.3 Å². The van der Waals surface area contributed by atoms with E-state index in [2.05, 4.69) is 27.5 Å². The van der Waals surface area contributed by atoms with Gasteiger partial charge in [0.1, 0.15) is 10.8 Å². The Morgan fingerprint density at radius 1 is 1.22 bits per heavy atom. The van der Waals surface area contributed by atoms with E-state index >= 15 is 0 Å². The lowest BCUT2D eigenvalue weighted by molar-refractivity contribution is 0.119. The number of rotatable bonds is 10. The number of methoxy groups -OCH3 is 1.